The van der Waals surface area contributed by atoms with Crippen LogP contribution in [-0.4, -0.2) is 45.1 Å². The summed E-state index contributed by atoms with van der Waals surface area (Å²) in [6.07, 6.45) is 11.6. The van der Waals surface area contributed by atoms with Crippen LogP contribution in [0.5, 0.6) is 5.75 Å². The van der Waals surface area contributed by atoms with Gasteiger partial charge in [0.2, 0.25) is 5.11 Å². The number of aliphatic imine (C=N–C) groups is 1. The van der Waals surface area contributed by atoms with Gasteiger partial charge in [0.15, 0.2) is 0 Å². The van der Waals surface area contributed by atoms with Crippen LogP contribution in [0.3, 0.4) is 0 Å². The van der Waals surface area contributed by atoms with Gasteiger partial charge < -0.3 is 14.9 Å². The Hall–Kier alpha value is -2.48. The molecule has 2 N–H and O–H groups in total. The lowest BCUT2D eigenvalue weighted by molar-refractivity contribution is -0.140. The highest BCUT2D eigenvalue weighted by atomic mass is 32.1. The Morgan fingerprint density at radius 1 is 1.03 bits per heavy atom. The Labute approximate surface area is 208 Å². The van der Waals surface area contributed by atoms with E-state index in [1.54, 1.807) is 13.0 Å². The zero-order valence-corrected chi connectivity index (χ0v) is 21.4. The smallest absolute Gasteiger partial charge is 0.414 e. The minimum atomic E-state index is -1.33. The number of carbonyl (C=O) groups is 2. The quantitative estimate of drug-likeness (QED) is 0.224. The first-order chi connectivity index (χ1) is 16.3. The Morgan fingerprint density at radius 2 is 1.62 bits per heavy atom. The number of carboxylic acid groups (broad SMARTS) is 2. The topological polar surface area (TPSA) is 99.4 Å². The Balaban J connectivity index is 2.17. The summed E-state index contributed by atoms with van der Waals surface area (Å²) in [5, 5.41) is 19.7. The fraction of sp³-hybridized carbons (Fsp3) is 0.615. The molecule has 2 rings (SSSR count). The van der Waals surface area contributed by atoms with Crippen LogP contribution in [0.1, 0.15) is 95.2 Å². The number of hydrogen-bond donors (Lipinski definition) is 2. The van der Waals surface area contributed by atoms with E-state index in [0.29, 0.717) is 17.7 Å². The summed E-state index contributed by atoms with van der Waals surface area (Å²) < 4.78 is 5.57. The molecule has 0 aliphatic carbocycles. The largest absolute Gasteiger partial charge is 0.496 e. The highest BCUT2D eigenvalue weighted by Crippen LogP contribution is 2.41. The predicted octanol–water partition coefficient (Wildman–Crippen LogP) is 6.64. The number of aliphatic carboxylic acids is 1. The number of ether oxygens (including phenoxy) is 1. The van der Waals surface area contributed by atoms with Crippen LogP contribution in [0.2, 0.25) is 0 Å². The molecule has 1 amide bonds. The van der Waals surface area contributed by atoms with Gasteiger partial charge in [-0.05, 0) is 43.6 Å². The monoisotopic (exact) mass is 490 g/mol. The highest BCUT2D eigenvalue weighted by molar-refractivity contribution is 7.80. The molecule has 0 fully saturated rings. The molecule has 0 bridgehead atoms. The summed E-state index contributed by atoms with van der Waals surface area (Å²) in [4.78, 5) is 29.2. The summed E-state index contributed by atoms with van der Waals surface area (Å²) in [6, 6.07) is 4.49. The molecule has 1 heterocycles. The van der Waals surface area contributed by atoms with E-state index in [-0.39, 0.29) is 10.8 Å². The molecular weight excluding hydrogens is 452 g/mol. The van der Waals surface area contributed by atoms with E-state index < -0.39 is 24.0 Å². The molecule has 1 aliphatic heterocycles. The molecule has 7 nitrogen and oxygen atoms in total. The first kappa shape index (κ1) is 27.8. The fourth-order valence-corrected chi connectivity index (χ4v) is 5.04. The van der Waals surface area contributed by atoms with Crippen molar-refractivity contribution in [2.45, 2.75) is 90.5 Å². The second-order valence-electron chi connectivity index (χ2n) is 8.91. The van der Waals surface area contributed by atoms with Crippen molar-refractivity contribution in [1.82, 2.24) is 4.90 Å². The molecule has 1 aliphatic rings. The normalized spacial score (nSPS) is 18.0. The second-order valence-corrected chi connectivity index (χ2v) is 9.28. The summed E-state index contributed by atoms with van der Waals surface area (Å²) in [5.41, 5.74) is 1.74. The SMILES string of the molecule is CCCCCCCCCCCCc1cccc(OC)c1C1C(C(=O)O)C(C)=NC(=S)N1C(=O)O. The van der Waals surface area contributed by atoms with Crippen molar-refractivity contribution in [2.24, 2.45) is 10.9 Å². The molecule has 2 atom stereocenters. The predicted molar refractivity (Wildman–Crippen MR) is 138 cm³/mol. The third kappa shape index (κ3) is 7.26. The maximum Gasteiger partial charge on any atom is 0.414 e. The van der Waals surface area contributed by atoms with E-state index in [9.17, 15) is 19.8 Å². The van der Waals surface area contributed by atoms with Gasteiger partial charge in [-0.1, -0.05) is 76.8 Å². The lowest BCUT2D eigenvalue weighted by atomic mass is 9.83. The highest BCUT2D eigenvalue weighted by Gasteiger charge is 2.45. The van der Waals surface area contributed by atoms with E-state index in [2.05, 4.69) is 11.9 Å². The molecule has 0 radical (unpaired) electrons. The summed E-state index contributed by atoms with van der Waals surface area (Å²) in [7, 11) is 1.51. The van der Waals surface area contributed by atoms with Crippen LogP contribution in [0.15, 0.2) is 23.2 Å². The lowest BCUT2D eigenvalue weighted by Gasteiger charge is -2.37. The van der Waals surface area contributed by atoms with Gasteiger partial charge in [-0.15, -0.1) is 0 Å². The van der Waals surface area contributed by atoms with E-state index in [0.717, 1.165) is 29.7 Å². The number of amides is 1. The molecule has 8 heteroatoms. The lowest BCUT2D eigenvalue weighted by Crippen LogP contribution is -2.49. The van der Waals surface area contributed by atoms with Gasteiger partial charge in [-0.2, -0.15) is 0 Å². The van der Waals surface area contributed by atoms with Crippen molar-refractivity contribution in [1.29, 1.82) is 0 Å². The van der Waals surface area contributed by atoms with Crippen LogP contribution in [0, 0.1) is 5.92 Å². The zero-order chi connectivity index (χ0) is 25.1. The van der Waals surface area contributed by atoms with Crippen molar-refractivity contribution < 1.29 is 24.5 Å². The number of methoxy groups -OCH3 is 1. The van der Waals surface area contributed by atoms with Crippen LogP contribution in [-0.2, 0) is 11.2 Å². The van der Waals surface area contributed by atoms with Crippen molar-refractivity contribution in [2.75, 3.05) is 7.11 Å². The molecule has 0 saturated carbocycles. The van der Waals surface area contributed by atoms with Crippen LogP contribution in [0.25, 0.3) is 0 Å². The minimum Gasteiger partial charge on any atom is -0.496 e. The van der Waals surface area contributed by atoms with Gasteiger partial charge in [0.25, 0.3) is 0 Å². The van der Waals surface area contributed by atoms with Gasteiger partial charge >= 0.3 is 12.1 Å². The number of benzene rings is 1. The zero-order valence-electron chi connectivity index (χ0n) is 20.6. The Morgan fingerprint density at radius 3 is 2.15 bits per heavy atom. The number of carboxylic acids is 1. The van der Waals surface area contributed by atoms with Crippen molar-refractivity contribution in [3.8, 4) is 5.75 Å². The van der Waals surface area contributed by atoms with Gasteiger partial charge in [0.05, 0.1) is 13.2 Å². The molecule has 2 unspecified atom stereocenters. The number of aryl methyl sites for hydroxylation is 1. The molecule has 188 valence electrons. The van der Waals surface area contributed by atoms with Crippen LogP contribution >= 0.6 is 12.2 Å². The van der Waals surface area contributed by atoms with Crippen LogP contribution < -0.4 is 4.74 Å². The molecule has 1 aromatic carbocycles. The third-order valence-electron chi connectivity index (χ3n) is 6.47. The van der Waals surface area contributed by atoms with Gasteiger partial charge in [0.1, 0.15) is 11.7 Å². The molecule has 0 aromatic heterocycles. The second kappa shape index (κ2) is 14.0. The first-order valence-corrected chi connectivity index (χ1v) is 12.7. The van der Waals surface area contributed by atoms with E-state index in [1.807, 2.05) is 12.1 Å². The maximum atomic E-state index is 12.2. The fourth-order valence-electron chi connectivity index (χ4n) is 4.71. The van der Waals surface area contributed by atoms with E-state index in [1.165, 1.54) is 52.1 Å². The Kier molecular flexibility index (Phi) is 11.5. The maximum absolute atomic E-state index is 12.2. The summed E-state index contributed by atoms with van der Waals surface area (Å²) in [6.45, 7) is 3.81. The van der Waals surface area contributed by atoms with Crippen LogP contribution in [0.4, 0.5) is 4.79 Å². The Bertz CT molecular complexity index is 886. The first-order valence-electron chi connectivity index (χ1n) is 12.3. The molecule has 0 spiro atoms. The average Bonchev–Trinajstić information content (AvgIpc) is 2.78. The molecule has 34 heavy (non-hydrogen) atoms. The van der Waals surface area contributed by atoms with Crippen molar-refractivity contribution in [3.63, 3.8) is 0 Å². The third-order valence-corrected chi connectivity index (χ3v) is 6.75. The number of hydrogen-bond acceptors (Lipinski definition) is 4. The number of rotatable bonds is 14. The van der Waals surface area contributed by atoms with Gasteiger partial charge in [-0.3, -0.25) is 4.79 Å². The summed E-state index contributed by atoms with van der Waals surface area (Å²) in [5.74, 6) is -1.83. The number of unbranched alkanes of at least 4 members (excludes halogenated alkanes) is 9. The van der Waals surface area contributed by atoms with Crippen molar-refractivity contribution in [3.05, 3.63) is 29.3 Å². The van der Waals surface area contributed by atoms with Crippen molar-refractivity contribution >= 4 is 35.1 Å². The van der Waals surface area contributed by atoms with E-state index >= 15 is 0 Å². The van der Waals surface area contributed by atoms with Gasteiger partial charge in [-0.25, -0.2) is 14.7 Å². The summed E-state index contributed by atoms with van der Waals surface area (Å²) >= 11 is 5.22. The minimum absolute atomic E-state index is 0.150. The average molecular weight is 491 g/mol. The molecule has 0 saturated heterocycles. The standard InChI is InChI=1S/C26H38N2O5S/c1-4-5-6-7-8-9-10-11-12-13-15-19-16-14-17-20(33-3)22(19)23-21(24(29)30)18(2)27-25(34)28(23)26(31)32/h14,16-17,21,23H,4-13,15H2,1-3H3,(H,29,30)(H,31,32). The van der Waals surface area contributed by atoms with E-state index in [4.69, 9.17) is 17.0 Å². The molecular formula is C26H38N2O5S. The molecule has 1 aromatic rings. The van der Waals surface area contributed by atoms with Gasteiger partial charge in [0, 0.05) is 11.3 Å². The number of nitrogens with zero attached hydrogens (tertiary/aromatic N) is 2. The number of thiocarbonyl (C=S) groups is 1.